The van der Waals surface area contributed by atoms with Crippen LogP contribution in [0.25, 0.3) is 0 Å². The van der Waals surface area contributed by atoms with Crippen LogP contribution in [0.4, 0.5) is 0 Å². The normalized spacial score (nSPS) is 24.4. The van der Waals surface area contributed by atoms with Crippen LogP contribution in [0.5, 0.6) is 0 Å². The van der Waals surface area contributed by atoms with E-state index in [2.05, 4.69) is 31.1 Å². The summed E-state index contributed by atoms with van der Waals surface area (Å²) in [5, 5.41) is 17.9. The number of aromatic nitrogens is 4. The van der Waals surface area contributed by atoms with E-state index in [1.807, 2.05) is 4.68 Å². The molecule has 1 amide bonds. The topological polar surface area (TPSA) is 88.0 Å². The molecule has 0 aromatic carbocycles. The molecule has 2 N–H and O–H groups in total. The average Bonchev–Trinajstić information content (AvgIpc) is 3.19. The van der Waals surface area contributed by atoms with Crippen molar-refractivity contribution in [3.05, 3.63) is 5.82 Å². The van der Waals surface area contributed by atoms with E-state index in [0.717, 1.165) is 31.8 Å². The van der Waals surface area contributed by atoms with Gasteiger partial charge in [0.15, 0.2) is 5.82 Å². The van der Waals surface area contributed by atoms with Gasteiger partial charge in [-0.05, 0) is 23.3 Å². The Hall–Kier alpha value is -1.54. The molecule has 1 unspecified atom stereocenters. The second kappa shape index (κ2) is 5.22. The van der Waals surface area contributed by atoms with E-state index in [9.17, 15) is 4.79 Å². The highest BCUT2D eigenvalue weighted by atomic mass is 16.2. The van der Waals surface area contributed by atoms with Gasteiger partial charge in [0.1, 0.15) is 6.04 Å². The van der Waals surface area contributed by atoms with Crippen molar-refractivity contribution in [2.75, 3.05) is 26.7 Å². The van der Waals surface area contributed by atoms with Gasteiger partial charge in [-0.25, -0.2) is 4.68 Å². The molecule has 8 nitrogen and oxygen atoms in total. The molecule has 2 fully saturated rings. The summed E-state index contributed by atoms with van der Waals surface area (Å²) in [6.45, 7) is 3.02. The monoisotopic (exact) mass is 265 g/mol. The molecular weight excluding hydrogens is 246 g/mol. The van der Waals surface area contributed by atoms with Crippen molar-refractivity contribution >= 4 is 5.91 Å². The maximum absolute atomic E-state index is 11.9. The largest absolute Gasteiger partial charge is 0.358 e. The Morgan fingerprint density at radius 1 is 1.53 bits per heavy atom. The fraction of sp³-hybridized carbons (Fsp3) is 0.818. The predicted molar refractivity (Wildman–Crippen MR) is 67.2 cm³/mol. The van der Waals surface area contributed by atoms with Crippen molar-refractivity contribution in [2.24, 2.45) is 0 Å². The Bertz CT molecular complexity index is 456. The maximum Gasteiger partial charge on any atom is 0.238 e. The minimum absolute atomic E-state index is 0.0395. The number of tetrazole rings is 1. The smallest absolute Gasteiger partial charge is 0.238 e. The molecule has 19 heavy (non-hydrogen) atoms. The first-order valence-corrected chi connectivity index (χ1v) is 6.72. The Morgan fingerprint density at radius 3 is 3.11 bits per heavy atom. The minimum atomic E-state index is -0.150. The zero-order valence-corrected chi connectivity index (χ0v) is 11.0. The lowest BCUT2D eigenvalue weighted by Gasteiger charge is -2.34. The first-order chi connectivity index (χ1) is 9.29. The van der Waals surface area contributed by atoms with Crippen LogP contribution in [-0.2, 0) is 11.3 Å². The summed E-state index contributed by atoms with van der Waals surface area (Å²) in [6, 6.07) is 0.314. The van der Waals surface area contributed by atoms with Crippen molar-refractivity contribution in [1.29, 1.82) is 0 Å². The fourth-order valence-electron chi connectivity index (χ4n) is 2.46. The lowest BCUT2D eigenvalue weighted by molar-refractivity contribution is -0.126. The zero-order chi connectivity index (χ0) is 13.2. The predicted octanol–water partition coefficient (Wildman–Crippen LogP) is -1.47. The second-order valence-corrected chi connectivity index (χ2v) is 5.08. The molecule has 0 radical (unpaired) electrons. The summed E-state index contributed by atoms with van der Waals surface area (Å²) in [5.74, 6) is 0.899. The number of amides is 1. The molecule has 2 heterocycles. The van der Waals surface area contributed by atoms with Crippen LogP contribution in [0.2, 0.25) is 0 Å². The Morgan fingerprint density at radius 2 is 2.37 bits per heavy atom. The van der Waals surface area contributed by atoms with Gasteiger partial charge in [-0.2, -0.15) is 0 Å². The van der Waals surface area contributed by atoms with Crippen LogP contribution in [0, 0.1) is 0 Å². The summed E-state index contributed by atoms with van der Waals surface area (Å²) in [7, 11) is 1.67. The number of carbonyl (C=O) groups excluding carboxylic acids is 1. The van der Waals surface area contributed by atoms with Crippen molar-refractivity contribution in [3.63, 3.8) is 0 Å². The van der Waals surface area contributed by atoms with Crippen molar-refractivity contribution < 1.29 is 4.79 Å². The van der Waals surface area contributed by atoms with Gasteiger partial charge in [-0.15, -0.1) is 5.10 Å². The number of nitrogens with zero attached hydrogens (tertiary/aromatic N) is 5. The molecule has 1 aromatic heterocycles. The van der Waals surface area contributed by atoms with Gasteiger partial charge in [-0.1, -0.05) is 0 Å². The van der Waals surface area contributed by atoms with Crippen LogP contribution in [0.1, 0.15) is 24.7 Å². The Labute approximate surface area is 111 Å². The fourth-order valence-corrected chi connectivity index (χ4v) is 2.46. The molecule has 1 saturated heterocycles. The molecule has 8 heteroatoms. The van der Waals surface area contributed by atoms with Crippen molar-refractivity contribution in [1.82, 2.24) is 35.7 Å². The summed E-state index contributed by atoms with van der Waals surface area (Å²) in [6.07, 6.45) is 2.30. The first-order valence-electron chi connectivity index (χ1n) is 6.72. The van der Waals surface area contributed by atoms with E-state index in [-0.39, 0.29) is 11.9 Å². The molecule has 1 aliphatic carbocycles. The second-order valence-electron chi connectivity index (χ2n) is 5.08. The number of likely N-dealkylation sites (N-methyl/N-ethyl adjacent to an activating group) is 1. The van der Waals surface area contributed by atoms with Gasteiger partial charge in [0.25, 0.3) is 0 Å². The number of carbonyl (C=O) groups is 1. The average molecular weight is 265 g/mol. The molecular formula is C11H19N7O. The van der Waals surface area contributed by atoms with Crippen LogP contribution >= 0.6 is 0 Å². The summed E-state index contributed by atoms with van der Waals surface area (Å²) in [5.41, 5.74) is 0. The van der Waals surface area contributed by atoms with E-state index in [4.69, 9.17) is 0 Å². The van der Waals surface area contributed by atoms with Gasteiger partial charge in [-0.3, -0.25) is 9.69 Å². The zero-order valence-electron chi connectivity index (χ0n) is 11.0. The molecule has 1 saturated carbocycles. The standard InChI is InChI=1S/C11H19N7O/c1-12-11(19)9-6-13-4-5-17(9)7-10-14-15-16-18(10)8-2-3-8/h8-9,13H,2-7H2,1H3,(H,12,19). The molecule has 1 atom stereocenters. The number of piperazine rings is 1. The molecule has 2 aliphatic rings. The maximum atomic E-state index is 11.9. The summed E-state index contributed by atoms with van der Waals surface area (Å²) < 4.78 is 1.91. The third-order valence-corrected chi connectivity index (χ3v) is 3.70. The highest BCUT2D eigenvalue weighted by Gasteiger charge is 2.32. The van der Waals surface area contributed by atoms with Crippen LogP contribution < -0.4 is 10.6 Å². The number of rotatable bonds is 4. The third kappa shape index (κ3) is 2.59. The Balaban J connectivity index is 1.72. The lowest BCUT2D eigenvalue weighted by Crippen LogP contribution is -2.57. The van der Waals surface area contributed by atoms with E-state index in [1.165, 1.54) is 0 Å². The van der Waals surface area contributed by atoms with Crippen LogP contribution in [0.15, 0.2) is 0 Å². The molecule has 3 rings (SSSR count). The van der Waals surface area contributed by atoms with E-state index in [0.29, 0.717) is 19.1 Å². The van der Waals surface area contributed by atoms with Gasteiger partial charge in [0.05, 0.1) is 12.6 Å². The van der Waals surface area contributed by atoms with Gasteiger partial charge >= 0.3 is 0 Å². The van der Waals surface area contributed by atoms with Gasteiger partial charge in [0, 0.05) is 26.7 Å². The van der Waals surface area contributed by atoms with E-state index < -0.39 is 0 Å². The lowest BCUT2D eigenvalue weighted by atomic mass is 10.1. The van der Waals surface area contributed by atoms with Gasteiger partial charge < -0.3 is 10.6 Å². The summed E-state index contributed by atoms with van der Waals surface area (Å²) in [4.78, 5) is 14.0. The third-order valence-electron chi connectivity index (χ3n) is 3.70. The van der Waals surface area contributed by atoms with Crippen LogP contribution in [-0.4, -0.2) is 63.7 Å². The number of hydrogen-bond acceptors (Lipinski definition) is 6. The van der Waals surface area contributed by atoms with Gasteiger partial charge in [0.2, 0.25) is 5.91 Å². The first kappa shape index (κ1) is 12.5. The van der Waals surface area contributed by atoms with E-state index >= 15 is 0 Å². The highest BCUT2D eigenvalue weighted by Crippen LogP contribution is 2.34. The molecule has 1 aromatic rings. The molecule has 0 spiro atoms. The van der Waals surface area contributed by atoms with E-state index in [1.54, 1.807) is 7.05 Å². The minimum Gasteiger partial charge on any atom is -0.358 e. The molecule has 104 valence electrons. The SMILES string of the molecule is CNC(=O)C1CNCCN1Cc1nnnn1C1CC1. The molecule has 1 aliphatic heterocycles. The van der Waals surface area contributed by atoms with Crippen LogP contribution in [0.3, 0.4) is 0 Å². The van der Waals surface area contributed by atoms with Crippen molar-refractivity contribution in [2.45, 2.75) is 31.5 Å². The number of hydrogen-bond donors (Lipinski definition) is 2. The Kier molecular flexibility index (Phi) is 3.43. The van der Waals surface area contributed by atoms with Crippen molar-refractivity contribution in [3.8, 4) is 0 Å². The molecule has 0 bridgehead atoms. The summed E-state index contributed by atoms with van der Waals surface area (Å²) >= 11 is 0. The number of nitrogens with one attached hydrogen (secondary N) is 2. The highest BCUT2D eigenvalue weighted by molar-refractivity contribution is 5.81. The quantitative estimate of drug-likeness (QED) is 0.691.